The summed E-state index contributed by atoms with van der Waals surface area (Å²) in [6.45, 7) is 2.89. The van der Waals surface area contributed by atoms with E-state index in [4.69, 9.17) is 16.9 Å². The lowest BCUT2D eigenvalue weighted by molar-refractivity contribution is 0.587. The van der Waals surface area contributed by atoms with Crippen LogP contribution >= 0.6 is 34.3 Å². The first kappa shape index (κ1) is 12.6. The predicted octanol–water partition coefficient (Wildman–Crippen LogP) is 4.19. The van der Waals surface area contributed by atoms with Crippen LogP contribution in [0, 0.1) is 11.3 Å². The third kappa shape index (κ3) is 3.30. The van der Waals surface area contributed by atoms with Crippen LogP contribution in [0.3, 0.4) is 0 Å². The van der Waals surface area contributed by atoms with Gasteiger partial charge in [-0.1, -0.05) is 11.6 Å². The standard InChI is InChI=1S/C12H11ClN2S2/c1-8(11-4-5-12(13)17-11)15-7-10-3-2-9(6-14)16-10/h2-5,8,15H,7H2,1H3. The molecule has 0 spiro atoms. The zero-order valence-corrected chi connectivity index (χ0v) is 11.6. The molecule has 5 heteroatoms. The molecule has 0 aliphatic heterocycles. The number of halogens is 1. The second kappa shape index (κ2) is 5.65. The smallest absolute Gasteiger partial charge is 0.110 e. The first-order valence-corrected chi connectivity index (χ1v) is 7.17. The molecule has 0 aliphatic rings. The third-order valence-corrected chi connectivity index (χ3v) is 4.78. The monoisotopic (exact) mass is 282 g/mol. The van der Waals surface area contributed by atoms with Gasteiger partial charge in [0.25, 0.3) is 0 Å². The maximum atomic E-state index is 8.74. The maximum Gasteiger partial charge on any atom is 0.110 e. The molecule has 2 aromatic heterocycles. The fraction of sp³-hybridized carbons (Fsp3) is 0.250. The van der Waals surface area contributed by atoms with E-state index in [0.29, 0.717) is 0 Å². The molecular formula is C12H11ClN2S2. The summed E-state index contributed by atoms with van der Waals surface area (Å²) < 4.78 is 0.816. The molecule has 0 saturated heterocycles. The van der Waals surface area contributed by atoms with Crippen molar-refractivity contribution in [3.05, 3.63) is 43.2 Å². The molecule has 17 heavy (non-hydrogen) atoms. The molecule has 0 aromatic carbocycles. The van der Waals surface area contributed by atoms with E-state index in [1.165, 1.54) is 21.1 Å². The molecule has 0 radical (unpaired) electrons. The molecular weight excluding hydrogens is 272 g/mol. The lowest BCUT2D eigenvalue weighted by Gasteiger charge is -2.10. The van der Waals surface area contributed by atoms with E-state index >= 15 is 0 Å². The Hall–Kier alpha value is -0.860. The summed E-state index contributed by atoms with van der Waals surface area (Å²) in [7, 11) is 0. The summed E-state index contributed by atoms with van der Waals surface area (Å²) in [6, 6.07) is 10.2. The Morgan fingerprint density at radius 1 is 1.35 bits per heavy atom. The van der Waals surface area contributed by atoms with Crippen LogP contribution < -0.4 is 5.32 Å². The van der Waals surface area contributed by atoms with Crippen molar-refractivity contribution in [2.24, 2.45) is 0 Å². The van der Waals surface area contributed by atoms with Gasteiger partial charge in [-0.15, -0.1) is 22.7 Å². The average Bonchev–Trinajstić information content (AvgIpc) is 2.94. The van der Waals surface area contributed by atoms with Crippen LogP contribution in [0.1, 0.15) is 27.6 Å². The molecule has 0 bridgehead atoms. The van der Waals surface area contributed by atoms with Gasteiger partial charge in [-0.3, -0.25) is 0 Å². The fourth-order valence-corrected chi connectivity index (χ4v) is 3.29. The van der Waals surface area contributed by atoms with E-state index in [9.17, 15) is 0 Å². The van der Waals surface area contributed by atoms with E-state index in [0.717, 1.165) is 15.8 Å². The van der Waals surface area contributed by atoms with Crippen molar-refractivity contribution >= 4 is 34.3 Å². The Kier molecular flexibility index (Phi) is 4.19. The normalized spacial score (nSPS) is 12.3. The highest BCUT2D eigenvalue weighted by Crippen LogP contribution is 2.27. The SMILES string of the molecule is CC(NCc1ccc(C#N)s1)c1ccc(Cl)s1. The van der Waals surface area contributed by atoms with Crippen molar-refractivity contribution < 1.29 is 0 Å². The summed E-state index contributed by atoms with van der Waals surface area (Å²) in [4.78, 5) is 3.16. The number of hydrogen-bond donors (Lipinski definition) is 1. The zero-order valence-electron chi connectivity index (χ0n) is 9.24. The molecule has 1 N–H and O–H groups in total. The number of nitrogens with one attached hydrogen (secondary N) is 1. The van der Waals surface area contributed by atoms with E-state index in [1.54, 1.807) is 11.3 Å². The summed E-state index contributed by atoms with van der Waals surface area (Å²) in [6.07, 6.45) is 0. The number of nitrogens with zero attached hydrogens (tertiary/aromatic N) is 1. The van der Waals surface area contributed by atoms with Gasteiger partial charge in [0.1, 0.15) is 10.9 Å². The summed E-state index contributed by atoms with van der Waals surface area (Å²) in [5.74, 6) is 0. The highest BCUT2D eigenvalue weighted by Gasteiger charge is 2.08. The van der Waals surface area contributed by atoms with Gasteiger partial charge in [-0.05, 0) is 31.2 Å². The van der Waals surface area contributed by atoms with Gasteiger partial charge >= 0.3 is 0 Å². The van der Waals surface area contributed by atoms with Crippen LogP contribution in [-0.2, 0) is 6.54 Å². The van der Waals surface area contributed by atoms with Crippen molar-refractivity contribution in [1.82, 2.24) is 5.32 Å². The third-order valence-electron chi connectivity index (χ3n) is 2.38. The van der Waals surface area contributed by atoms with Crippen molar-refractivity contribution in [2.75, 3.05) is 0 Å². The van der Waals surface area contributed by atoms with Crippen molar-refractivity contribution in [3.63, 3.8) is 0 Å². The zero-order chi connectivity index (χ0) is 12.3. The number of rotatable bonds is 4. The largest absolute Gasteiger partial charge is 0.305 e. The Bertz CT molecular complexity index is 539. The van der Waals surface area contributed by atoms with Gasteiger partial charge in [0, 0.05) is 22.3 Å². The molecule has 1 atom stereocenters. The molecule has 0 aliphatic carbocycles. The Balaban J connectivity index is 1.92. The van der Waals surface area contributed by atoms with Crippen LogP contribution in [-0.4, -0.2) is 0 Å². The lowest BCUT2D eigenvalue weighted by Crippen LogP contribution is -2.16. The molecule has 2 nitrogen and oxygen atoms in total. The molecule has 0 amide bonds. The first-order chi connectivity index (χ1) is 8.19. The van der Waals surface area contributed by atoms with Crippen LogP contribution in [0.4, 0.5) is 0 Å². The first-order valence-electron chi connectivity index (χ1n) is 5.16. The van der Waals surface area contributed by atoms with Crippen molar-refractivity contribution in [2.45, 2.75) is 19.5 Å². The predicted molar refractivity (Wildman–Crippen MR) is 73.6 cm³/mol. The van der Waals surface area contributed by atoms with Crippen molar-refractivity contribution in [1.29, 1.82) is 5.26 Å². The van der Waals surface area contributed by atoms with E-state index in [2.05, 4.69) is 18.3 Å². The van der Waals surface area contributed by atoms with Gasteiger partial charge in [0.05, 0.1) is 4.34 Å². The molecule has 88 valence electrons. The minimum atomic E-state index is 0.278. The van der Waals surface area contributed by atoms with Gasteiger partial charge in [-0.25, -0.2) is 0 Å². The molecule has 2 heterocycles. The van der Waals surface area contributed by atoms with Gasteiger partial charge in [-0.2, -0.15) is 5.26 Å². The average molecular weight is 283 g/mol. The van der Waals surface area contributed by atoms with E-state index in [-0.39, 0.29) is 6.04 Å². The van der Waals surface area contributed by atoms with Crippen LogP contribution in [0.25, 0.3) is 0 Å². The van der Waals surface area contributed by atoms with Gasteiger partial charge in [0.2, 0.25) is 0 Å². The van der Waals surface area contributed by atoms with Crippen LogP contribution in [0.5, 0.6) is 0 Å². The fourth-order valence-electron chi connectivity index (χ4n) is 1.45. The van der Waals surface area contributed by atoms with Gasteiger partial charge in [0.15, 0.2) is 0 Å². The Morgan fingerprint density at radius 2 is 2.18 bits per heavy atom. The Labute approximate surface area is 113 Å². The second-order valence-electron chi connectivity index (χ2n) is 3.62. The van der Waals surface area contributed by atoms with Crippen molar-refractivity contribution in [3.8, 4) is 6.07 Å². The second-order valence-corrected chi connectivity index (χ2v) is 6.54. The topological polar surface area (TPSA) is 35.8 Å². The maximum absolute atomic E-state index is 8.74. The highest BCUT2D eigenvalue weighted by atomic mass is 35.5. The van der Waals surface area contributed by atoms with Crippen LogP contribution in [0.2, 0.25) is 4.34 Å². The number of nitriles is 1. The Morgan fingerprint density at radius 3 is 2.76 bits per heavy atom. The highest BCUT2D eigenvalue weighted by molar-refractivity contribution is 7.16. The quantitative estimate of drug-likeness (QED) is 0.913. The lowest BCUT2D eigenvalue weighted by atomic mass is 10.3. The van der Waals surface area contributed by atoms with Gasteiger partial charge < -0.3 is 5.32 Å². The van der Waals surface area contributed by atoms with E-state index in [1.807, 2.05) is 24.3 Å². The summed E-state index contributed by atoms with van der Waals surface area (Å²) in [5, 5.41) is 12.2. The summed E-state index contributed by atoms with van der Waals surface area (Å²) in [5.41, 5.74) is 0. The molecule has 2 rings (SSSR count). The molecule has 2 aromatic rings. The molecule has 0 saturated carbocycles. The minimum Gasteiger partial charge on any atom is -0.305 e. The number of thiophene rings is 2. The molecule has 0 fully saturated rings. The van der Waals surface area contributed by atoms with Crippen LogP contribution in [0.15, 0.2) is 24.3 Å². The number of hydrogen-bond acceptors (Lipinski definition) is 4. The summed E-state index contributed by atoms with van der Waals surface area (Å²) >= 11 is 9.02. The molecule has 1 unspecified atom stereocenters. The minimum absolute atomic E-state index is 0.278. The van der Waals surface area contributed by atoms with E-state index < -0.39 is 0 Å².